The number of carbonyl (C=O) groups is 1. The zero-order valence-electron chi connectivity index (χ0n) is 10.8. The minimum absolute atomic E-state index is 0.310. The van der Waals surface area contributed by atoms with Crippen LogP contribution in [0, 0.1) is 11.8 Å². The Kier molecular flexibility index (Phi) is 3.25. The van der Waals surface area contributed by atoms with Crippen molar-refractivity contribution in [1.29, 1.82) is 0 Å². The maximum Gasteiger partial charge on any atom is 0.227 e. The fraction of sp³-hybridized carbons (Fsp3) is 0.533. The Bertz CT molecular complexity index is 463. The van der Waals surface area contributed by atoms with Crippen LogP contribution in [0.5, 0.6) is 0 Å². The lowest BCUT2D eigenvalue weighted by Gasteiger charge is -2.21. The minimum Gasteiger partial charge on any atom is -0.342 e. The van der Waals surface area contributed by atoms with Gasteiger partial charge in [0.05, 0.1) is 6.42 Å². The van der Waals surface area contributed by atoms with Gasteiger partial charge in [0.2, 0.25) is 5.91 Å². The number of likely N-dealkylation sites (tertiary alicyclic amines) is 1. The van der Waals surface area contributed by atoms with Crippen molar-refractivity contribution >= 4 is 17.2 Å². The van der Waals surface area contributed by atoms with Crippen LogP contribution in [0.25, 0.3) is 0 Å². The summed E-state index contributed by atoms with van der Waals surface area (Å²) in [7, 11) is 0. The number of fused-ring (bicyclic) bond motifs is 1. The average molecular weight is 261 g/mol. The molecule has 0 radical (unpaired) electrons. The molecule has 0 spiro atoms. The van der Waals surface area contributed by atoms with E-state index < -0.39 is 0 Å². The summed E-state index contributed by atoms with van der Waals surface area (Å²) >= 11 is 1.68. The van der Waals surface area contributed by atoms with E-state index in [1.807, 2.05) is 11.4 Å². The quantitative estimate of drug-likeness (QED) is 0.749. The molecule has 0 unspecified atom stereocenters. The lowest BCUT2D eigenvalue weighted by atomic mass is 9.83. The number of allylic oxidation sites excluding steroid dienone is 2. The van der Waals surface area contributed by atoms with E-state index in [4.69, 9.17) is 0 Å². The number of thiophene rings is 1. The van der Waals surface area contributed by atoms with Gasteiger partial charge < -0.3 is 4.90 Å². The standard InChI is InChI=1S/C15H19NOS/c1-11-4-5-12-9-16(10-13(12)7-11)15(17)8-14-3-2-6-18-14/h2-4,6,12-13H,5,7-10H2,1H3/t12-,13+/m1/s1. The van der Waals surface area contributed by atoms with Gasteiger partial charge in [-0.25, -0.2) is 0 Å². The Hall–Kier alpha value is -1.09. The van der Waals surface area contributed by atoms with Gasteiger partial charge in [-0.1, -0.05) is 17.7 Å². The van der Waals surface area contributed by atoms with Crippen molar-refractivity contribution in [2.24, 2.45) is 11.8 Å². The summed E-state index contributed by atoms with van der Waals surface area (Å²) in [6, 6.07) is 4.07. The summed E-state index contributed by atoms with van der Waals surface area (Å²) in [6.07, 6.45) is 5.30. The fourth-order valence-electron chi connectivity index (χ4n) is 3.16. The molecular weight excluding hydrogens is 242 g/mol. The Labute approximate surface area is 112 Å². The molecule has 1 aromatic heterocycles. The highest BCUT2D eigenvalue weighted by atomic mass is 32.1. The molecule has 0 aromatic carbocycles. The van der Waals surface area contributed by atoms with Gasteiger partial charge in [-0.15, -0.1) is 11.3 Å². The van der Waals surface area contributed by atoms with E-state index in [1.165, 1.54) is 23.3 Å². The molecule has 3 rings (SSSR count). The highest BCUT2D eigenvalue weighted by molar-refractivity contribution is 7.10. The predicted molar refractivity (Wildman–Crippen MR) is 74.6 cm³/mol. The van der Waals surface area contributed by atoms with Crippen molar-refractivity contribution in [2.45, 2.75) is 26.2 Å². The summed E-state index contributed by atoms with van der Waals surface area (Å²) in [6.45, 7) is 4.16. The second-order valence-electron chi connectivity index (χ2n) is 5.57. The lowest BCUT2D eigenvalue weighted by molar-refractivity contribution is -0.129. The van der Waals surface area contributed by atoms with Gasteiger partial charge in [-0.2, -0.15) is 0 Å². The summed E-state index contributed by atoms with van der Waals surface area (Å²) in [4.78, 5) is 15.5. The molecule has 1 aliphatic carbocycles. The third kappa shape index (κ3) is 2.37. The van der Waals surface area contributed by atoms with Crippen molar-refractivity contribution in [1.82, 2.24) is 4.90 Å². The van der Waals surface area contributed by atoms with Crippen LogP contribution < -0.4 is 0 Å². The predicted octanol–water partition coefficient (Wildman–Crippen LogP) is 3.11. The van der Waals surface area contributed by atoms with Gasteiger partial charge >= 0.3 is 0 Å². The third-order valence-electron chi connectivity index (χ3n) is 4.19. The number of hydrogen-bond donors (Lipinski definition) is 0. The SMILES string of the molecule is CC1=CC[C@@H]2CN(C(=O)Cc3cccs3)C[C@@H]2C1. The largest absolute Gasteiger partial charge is 0.342 e. The molecule has 2 atom stereocenters. The Morgan fingerprint density at radius 3 is 3.06 bits per heavy atom. The van der Waals surface area contributed by atoms with E-state index in [9.17, 15) is 4.79 Å². The molecule has 1 aliphatic heterocycles. The lowest BCUT2D eigenvalue weighted by Crippen LogP contribution is -2.30. The first kappa shape index (κ1) is 12.0. The first-order valence-corrected chi connectivity index (χ1v) is 7.56. The molecule has 1 amide bonds. The van der Waals surface area contributed by atoms with E-state index in [-0.39, 0.29) is 0 Å². The Morgan fingerprint density at radius 2 is 2.28 bits per heavy atom. The van der Waals surface area contributed by atoms with Gasteiger partial charge in [0, 0.05) is 18.0 Å². The number of hydrogen-bond acceptors (Lipinski definition) is 2. The van der Waals surface area contributed by atoms with E-state index in [0.29, 0.717) is 24.2 Å². The Morgan fingerprint density at radius 1 is 1.44 bits per heavy atom. The summed E-state index contributed by atoms with van der Waals surface area (Å²) in [5, 5.41) is 2.04. The smallest absolute Gasteiger partial charge is 0.227 e. The maximum absolute atomic E-state index is 12.3. The van der Waals surface area contributed by atoms with Crippen molar-refractivity contribution in [2.75, 3.05) is 13.1 Å². The first-order valence-electron chi connectivity index (χ1n) is 6.68. The molecule has 0 bridgehead atoms. The van der Waals surface area contributed by atoms with Crippen LogP contribution in [0.15, 0.2) is 29.2 Å². The molecule has 2 aliphatic rings. The van der Waals surface area contributed by atoms with Crippen LogP contribution in [0.1, 0.15) is 24.6 Å². The van der Waals surface area contributed by atoms with Crippen molar-refractivity contribution < 1.29 is 4.79 Å². The maximum atomic E-state index is 12.3. The van der Waals surface area contributed by atoms with Crippen LogP contribution >= 0.6 is 11.3 Å². The summed E-state index contributed by atoms with van der Waals surface area (Å²) in [5.41, 5.74) is 1.50. The van der Waals surface area contributed by atoms with Crippen LogP contribution in [0.4, 0.5) is 0 Å². The second-order valence-corrected chi connectivity index (χ2v) is 6.60. The molecule has 18 heavy (non-hydrogen) atoms. The van der Waals surface area contributed by atoms with Crippen molar-refractivity contribution in [3.8, 4) is 0 Å². The van der Waals surface area contributed by atoms with E-state index in [2.05, 4.69) is 24.0 Å². The molecule has 1 saturated heterocycles. The fourth-order valence-corrected chi connectivity index (χ4v) is 3.86. The van der Waals surface area contributed by atoms with Gasteiger partial charge in [0.25, 0.3) is 0 Å². The van der Waals surface area contributed by atoms with Gasteiger partial charge in [-0.3, -0.25) is 4.79 Å². The normalized spacial score (nSPS) is 26.9. The molecule has 1 fully saturated rings. The molecule has 0 N–H and O–H groups in total. The molecule has 3 heteroatoms. The van der Waals surface area contributed by atoms with Crippen molar-refractivity contribution in [3.63, 3.8) is 0 Å². The number of carbonyl (C=O) groups excluding carboxylic acids is 1. The van der Waals surface area contributed by atoms with E-state index >= 15 is 0 Å². The van der Waals surface area contributed by atoms with Crippen LogP contribution in [0.3, 0.4) is 0 Å². The van der Waals surface area contributed by atoms with E-state index in [0.717, 1.165) is 13.1 Å². The minimum atomic E-state index is 0.310. The van der Waals surface area contributed by atoms with Crippen LogP contribution in [-0.4, -0.2) is 23.9 Å². The summed E-state index contributed by atoms with van der Waals surface area (Å²) < 4.78 is 0. The molecule has 1 aromatic rings. The molecule has 0 saturated carbocycles. The van der Waals surface area contributed by atoms with E-state index in [1.54, 1.807) is 11.3 Å². The van der Waals surface area contributed by atoms with Gasteiger partial charge in [0.1, 0.15) is 0 Å². The molecule has 2 nitrogen and oxygen atoms in total. The van der Waals surface area contributed by atoms with Gasteiger partial charge in [0.15, 0.2) is 0 Å². The topological polar surface area (TPSA) is 20.3 Å². The van der Waals surface area contributed by atoms with Crippen LogP contribution in [-0.2, 0) is 11.2 Å². The molecule has 96 valence electrons. The number of amides is 1. The number of rotatable bonds is 2. The Balaban J connectivity index is 1.61. The first-order chi connectivity index (χ1) is 8.72. The zero-order valence-corrected chi connectivity index (χ0v) is 11.6. The van der Waals surface area contributed by atoms with Crippen LogP contribution in [0.2, 0.25) is 0 Å². The second kappa shape index (κ2) is 4.88. The average Bonchev–Trinajstić information content (AvgIpc) is 2.96. The number of nitrogens with zero attached hydrogens (tertiary/aromatic N) is 1. The molecular formula is C15H19NOS. The zero-order chi connectivity index (χ0) is 12.5. The highest BCUT2D eigenvalue weighted by Gasteiger charge is 2.35. The highest BCUT2D eigenvalue weighted by Crippen LogP contribution is 2.35. The van der Waals surface area contributed by atoms with Crippen molar-refractivity contribution in [3.05, 3.63) is 34.0 Å². The molecule has 2 heterocycles. The monoisotopic (exact) mass is 261 g/mol. The van der Waals surface area contributed by atoms with Gasteiger partial charge in [-0.05, 0) is 43.0 Å². The summed E-state index contributed by atoms with van der Waals surface area (Å²) in [5.74, 6) is 1.73. The third-order valence-corrected chi connectivity index (χ3v) is 5.06.